The normalized spacial score (nSPS) is 9.79. The van der Waals surface area contributed by atoms with Gasteiger partial charge in [0.25, 0.3) is 5.95 Å². The fourth-order valence-corrected chi connectivity index (χ4v) is 1.08. The summed E-state index contributed by atoms with van der Waals surface area (Å²) in [5.74, 6) is 2.01. The largest absolute Gasteiger partial charge is 0.497 e. The van der Waals surface area contributed by atoms with Crippen molar-refractivity contribution in [3.8, 4) is 17.4 Å². The van der Waals surface area contributed by atoms with Crippen LogP contribution in [0.15, 0.2) is 47.1 Å². The topological polar surface area (TPSA) is 31.6 Å². The lowest BCUT2D eigenvalue weighted by molar-refractivity contribution is 0.345. The van der Waals surface area contributed by atoms with Gasteiger partial charge >= 0.3 is 0 Å². The zero-order chi connectivity index (χ0) is 9.80. The van der Waals surface area contributed by atoms with E-state index in [4.69, 9.17) is 13.9 Å². The molecule has 0 spiro atoms. The van der Waals surface area contributed by atoms with E-state index >= 15 is 0 Å². The molecular formula is C11H10O3. The Bertz CT molecular complexity index is 375. The second kappa shape index (κ2) is 3.87. The second-order valence-corrected chi connectivity index (χ2v) is 2.71. The van der Waals surface area contributed by atoms with Crippen molar-refractivity contribution in [3.05, 3.63) is 42.7 Å². The fraction of sp³-hybridized carbons (Fsp3) is 0.0909. The molecule has 2 rings (SSSR count). The number of rotatable bonds is 3. The highest BCUT2D eigenvalue weighted by Crippen LogP contribution is 2.23. The Morgan fingerprint density at radius 1 is 1.00 bits per heavy atom. The molecular weight excluding hydrogens is 180 g/mol. The Labute approximate surface area is 81.9 Å². The van der Waals surface area contributed by atoms with Crippen LogP contribution in [0.25, 0.3) is 0 Å². The first-order valence-electron chi connectivity index (χ1n) is 4.24. The summed E-state index contributed by atoms with van der Waals surface area (Å²) in [7, 11) is 1.63. The molecule has 0 unspecified atom stereocenters. The zero-order valence-corrected chi connectivity index (χ0v) is 7.77. The lowest BCUT2D eigenvalue weighted by Gasteiger charge is -2.02. The number of methoxy groups -OCH3 is 1. The number of ether oxygens (including phenoxy) is 2. The molecule has 0 amide bonds. The van der Waals surface area contributed by atoms with Crippen LogP contribution < -0.4 is 9.47 Å². The highest BCUT2D eigenvalue weighted by molar-refractivity contribution is 5.32. The van der Waals surface area contributed by atoms with Gasteiger partial charge in [-0.05, 0) is 30.3 Å². The van der Waals surface area contributed by atoms with Gasteiger partial charge in [0.2, 0.25) is 0 Å². The van der Waals surface area contributed by atoms with E-state index in [0.717, 1.165) is 11.5 Å². The predicted molar refractivity (Wildman–Crippen MR) is 51.8 cm³/mol. The second-order valence-electron chi connectivity index (χ2n) is 2.71. The zero-order valence-electron chi connectivity index (χ0n) is 7.77. The van der Waals surface area contributed by atoms with Crippen molar-refractivity contribution in [2.24, 2.45) is 0 Å². The van der Waals surface area contributed by atoms with Crippen molar-refractivity contribution < 1.29 is 13.9 Å². The summed E-state index contributed by atoms with van der Waals surface area (Å²) >= 11 is 0. The molecule has 1 aromatic carbocycles. The van der Waals surface area contributed by atoms with E-state index in [1.165, 1.54) is 0 Å². The molecule has 2 aromatic rings. The standard InChI is InChI=1S/C11H10O3/c1-12-9-4-6-10(7-5-9)14-11-3-2-8-13-11/h2-8H,1H3. The third-order valence-electron chi connectivity index (χ3n) is 1.77. The third-order valence-corrected chi connectivity index (χ3v) is 1.77. The van der Waals surface area contributed by atoms with E-state index in [1.54, 1.807) is 25.5 Å². The van der Waals surface area contributed by atoms with Gasteiger partial charge in [0.1, 0.15) is 11.5 Å². The molecule has 0 radical (unpaired) electrons. The first kappa shape index (κ1) is 8.69. The smallest absolute Gasteiger partial charge is 0.289 e. The van der Waals surface area contributed by atoms with Crippen LogP contribution >= 0.6 is 0 Å². The molecule has 3 heteroatoms. The van der Waals surface area contributed by atoms with Crippen molar-refractivity contribution in [1.82, 2.24) is 0 Å². The van der Waals surface area contributed by atoms with Crippen LogP contribution in [0.5, 0.6) is 17.4 Å². The minimum absolute atomic E-state index is 0.482. The lowest BCUT2D eigenvalue weighted by Crippen LogP contribution is -1.83. The molecule has 0 aliphatic carbocycles. The molecule has 14 heavy (non-hydrogen) atoms. The van der Waals surface area contributed by atoms with E-state index in [1.807, 2.05) is 24.3 Å². The van der Waals surface area contributed by atoms with Gasteiger partial charge in [0.05, 0.1) is 13.4 Å². The number of hydrogen-bond acceptors (Lipinski definition) is 3. The summed E-state index contributed by atoms with van der Waals surface area (Å²) in [6.07, 6.45) is 1.57. The number of furan rings is 1. The van der Waals surface area contributed by atoms with Crippen LogP contribution in [-0.2, 0) is 0 Å². The van der Waals surface area contributed by atoms with Gasteiger partial charge in [-0.25, -0.2) is 0 Å². The molecule has 0 bridgehead atoms. The van der Waals surface area contributed by atoms with Gasteiger partial charge in [0, 0.05) is 6.07 Å². The number of benzene rings is 1. The third kappa shape index (κ3) is 1.88. The van der Waals surface area contributed by atoms with Crippen LogP contribution in [0.3, 0.4) is 0 Å². The molecule has 0 atom stereocenters. The Balaban J connectivity index is 2.10. The minimum atomic E-state index is 0.482. The van der Waals surface area contributed by atoms with E-state index in [0.29, 0.717) is 5.95 Å². The van der Waals surface area contributed by atoms with Crippen LogP contribution in [0.2, 0.25) is 0 Å². The van der Waals surface area contributed by atoms with E-state index < -0.39 is 0 Å². The molecule has 0 aliphatic heterocycles. The summed E-state index contributed by atoms with van der Waals surface area (Å²) < 4.78 is 15.5. The van der Waals surface area contributed by atoms with Crippen molar-refractivity contribution >= 4 is 0 Å². The van der Waals surface area contributed by atoms with Crippen LogP contribution in [0.1, 0.15) is 0 Å². The van der Waals surface area contributed by atoms with Gasteiger partial charge in [-0.15, -0.1) is 0 Å². The maximum atomic E-state index is 5.40. The quantitative estimate of drug-likeness (QED) is 0.745. The van der Waals surface area contributed by atoms with Crippen LogP contribution in [-0.4, -0.2) is 7.11 Å². The van der Waals surface area contributed by atoms with Gasteiger partial charge in [0.15, 0.2) is 0 Å². The number of hydrogen-bond donors (Lipinski definition) is 0. The van der Waals surface area contributed by atoms with Gasteiger partial charge in [-0.3, -0.25) is 0 Å². The van der Waals surface area contributed by atoms with Crippen molar-refractivity contribution in [2.45, 2.75) is 0 Å². The molecule has 0 saturated heterocycles. The van der Waals surface area contributed by atoms with Crippen molar-refractivity contribution in [1.29, 1.82) is 0 Å². The van der Waals surface area contributed by atoms with Crippen molar-refractivity contribution in [3.63, 3.8) is 0 Å². The predicted octanol–water partition coefficient (Wildman–Crippen LogP) is 3.08. The maximum absolute atomic E-state index is 5.40. The molecule has 0 fully saturated rings. The summed E-state index contributed by atoms with van der Waals surface area (Å²) in [6.45, 7) is 0. The molecule has 1 heterocycles. The van der Waals surface area contributed by atoms with Gasteiger partial charge in [-0.1, -0.05) is 0 Å². The maximum Gasteiger partial charge on any atom is 0.289 e. The first-order valence-corrected chi connectivity index (χ1v) is 4.24. The molecule has 0 aliphatic rings. The van der Waals surface area contributed by atoms with E-state index in [-0.39, 0.29) is 0 Å². The van der Waals surface area contributed by atoms with Crippen LogP contribution in [0, 0.1) is 0 Å². The highest BCUT2D eigenvalue weighted by Gasteiger charge is 1.98. The summed E-state index contributed by atoms with van der Waals surface area (Å²) in [5, 5.41) is 0. The average Bonchev–Trinajstić information content (AvgIpc) is 2.72. The summed E-state index contributed by atoms with van der Waals surface area (Å²) in [4.78, 5) is 0. The van der Waals surface area contributed by atoms with E-state index in [9.17, 15) is 0 Å². The first-order chi connectivity index (χ1) is 6.88. The highest BCUT2D eigenvalue weighted by atomic mass is 16.6. The Kier molecular flexibility index (Phi) is 2.40. The monoisotopic (exact) mass is 190 g/mol. The summed E-state index contributed by atoms with van der Waals surface area (Å²) in [5.41, 5.74) is 0. The Hall–Kier alpha value is -1.90. The molecule has 72 valence electrons. The molecule has 0 N–H and O–H groups in total. The Morgan fingerprint density at radius 2 is 1.71 bits per heavy atom. The molecule has 0 saturated carbocycles. The van der Waals surface area contributed by atoms with Gasteiger partial charge < -0.3 is 13.9 Å². The fourth-order valence-electron chi connectivity index (χ4n) is 1.08. The minimum Gasteiger partial charge on any atom is -0.497 e. The van der Waals surface area contributed by atoms with E-state index in [2.05, 4.69) is 0 Å². The molecule has 1 aromatic heterocycles. The molecule has 3 nitrogen and oxygen atoms in total. The van der Waals surface area contributed by atoms with Crippen molar-refractivity contribution in [2.75, 3.05) is 7.11 Å². The SMILES string of the molecule is COc1ccc(Oc2ccco2)cc1. The van der Waals surface area contributed by atoms with Crippen LogP contribution in [0.4, 0.5) is 0 Å². The lowest BCUT2D eigenvalue weighted by atomic mass is 10.3. The van der Waals surface area contributed by atoms with Gasteiger partial charge in [-0.2, -0.15) is 0 Å². The summed E-state index contributed by atoms with van der Waals surface area (Å²) in [6, 6.07) is 10.8. The Morgan fingerprint density at radius 3 is 2.29 bits per heavy atom. The average molecular weight is 190 g/mol.